The van der Waals surface area contributed by atoms with Gasteiger partial charge in [-0.2, -0.15) is 0 Å². The van der Waals surface area contributed by atoms with Gasteiger partial charge >= 0.3 is 0 Å². The highest BCUT2D eigenvalue weighted by Crippen LogP contribution is 2.28. The van der Waals surface area contributed by atoms with Gasteiger partial charge in [0, 0.05) is 11.3 Å². The van der Waals surface area contributed by atoms with Crippen LogP contribution < -0.4 is 10.1 Å². The van der Waals surface area contributed by atoms with Crippen LogP contribution in [-0.2, 0) is 11.3 Å². The first-order chi connectivity index (χ1) is 16.1. The van der Waals surface area contributed by atoms with Gasteiger partial charge in [0.1, 0.15) is 5.75 Å². The van der Waals surface area contributed by atoms with Crippen molar-refractivity contribution in [2.75, 3.05) is 11.9 Å². The molecule has 6 nitrogen and oxygen atoms in total. The van der Waals surface area contributed by atoms with Gasteiger partial charge in [-0.1, -0.05) is 72.4 Å². The smallest absolute Gasteiger partial charge is 0.237 e. The lowest BCUT2D eigenvalue weighted by Gasteiger charge is -2.14. The third kappa shape index (κ3) is 5.81. The monoisotopic (exact) mass is 458 g/mol. The molecule has 1 amide bonds. The van der Waals surface area contributed by atoms with Gasteiger partial charge < -0.3 is 10.1 Å². The maximum Gasteiger partial charge on any atom is 0.237 e. The highest BCUT2D eigenvalue weighted by molar-refractivity contribution is 8.00. The fourth-order valence-corrected chi connectivity index (χ4v) is 4.19. The third-order valence-electron chi connectivity index (χ3n) is 5.02. The molecule has 0 aliphatic heterocycles. The van der Waals surface area contributed by atoms with Crippen molar-refractivity contribution in [3.63, 3.8) is 0 Å². The maximum absolute atomic E-state index is 12.9. The van der Waals surface area contributed by atoms with Crippen LogP contribution in [0.4, 0.5) is 5.69 Å². The van der Waals surface area contributed by atoms with Gasteiger partial charge in [-0.25, -0.2) is 0 Å². The van der Waals surface area contributed by atoms with Crippen LogP contribution in [0.15, 0.2) is 90.1 Å². The molecule has 0 aliphatic rings. The number of hydrogen-bond acceptors (Lipinski definition) is 5. The van der Waals surface area contributed by atoms with Gasteiger partial charge in [-0.3, -0.25) is 9.36 Å². The molecule has 1 heterocycles. The number of aromatic nitrogens is 3. The summed E-state index contributed by atoms with van der Waals surface area (Å²) in [6.45, 7) is 5.04. The number of ether oxygens (including phenoxy) is 1. The lowest BCUT2D eigenvalue weighted by Crippen LogP contribution is -2.23. The van der Waals surface area contributed by atoms with Crippen LogP contribution in [0.1, 0.15) is 19.4 Å². The molecule has 1 N–H and O–H groups in total. The molecule has 4 aromatic rings. The molecule has 1 atom stereocenters. The zero-order valence-corrected chi connectivity index (χ0v) is 19.5. The van der Waals surface area contributed by atoms with Crippen molar-refractivity contribution in [1.82, 2.24) is 14.8 Å². The second-order valence-electron chi connectivity index (χ2n) is 7.45. The van der Waals surface area contributed by atoms with Crippen molar-refractivity contribution in [3.05, 3.63) is 90.5 Å². The summed E-state index contributed by atoms with van der Waals surface area (Å²) in [6, 6.07) is 27.5. The lowest BCUT2D eigenvalue weighted by atomic mass is 10.2. The van der Waals surface area contributed by atoms with Crippen molar-refractivity contribution in [3.8, 4) is 17.1 Å². The number of carbonyl (C=O) groups is 1. The average Bonchev–Trinajstić information content (AvgIpc) is 3.23. The summed E-state index contributed by atoms with van der Waals surface area (Å²) in [5.41, 5.74) is 2.86. The number of carbonyl (C=O) groups excluding carboxylic acids is 1. The maximum atomic E-state index is 12.9. The van der Waals surface area contributed by atoms with E-state index in [0.29, 0.717) is 18.3 Å². The molecule has 0 saturated carbocycles. The van der Waals surface area contributed by atoms with Crippen LogP contribution in [0.2, 0.25) is 0 Å². The quantitative estimate of drug-likeness (QED) is 0.335. The van der Waals surface area contributed by atoms with E-state index in [2.05, 4.69) is 32.2 Å². The van der Waals surface area contributed by atoms with E-state index in [9.17, 15) is 4.79 Å². The second kappa shape index (κ2) is 10.8. The molecule has 1 unspecified atom stereocenters. The largest absolute Gasteiger partial charge is 0.494 e. The van der Waals surface area contributed by atoms with Crippen molar-refractivity contribution < 1.29 is 9.53 Å². The minimum absolute atomic E-state index is 0.0975. The molecule has 3 aromatic carbocycles. The topological polar surface area (TPSA) is 69.0 Å². The van der Waals surface area contributed by atoms with E-state index < -0.39 is 0 Å². The van der Waals surface area contributed by atoms with E-state index in [1.165, 1.54) is 11.8 Å². The number of hydrogen-bond donors (Lipinski definition) is 1. The first-order valence-electron chi connectivity index (χ1n) is 10.9. The Morgan fingerprint density at radius 2 is 1.64 bits per heavy atom. The van der Waals surface area contributed by atoms with Gasteiger partial charge in [0.2, 0.25) is 5.91 Å². The van der Waals surface area contributed by atoms with E-state index in [4.69, 9.17) is 4.74 Å². The van der Waals surface area contributed by atoms with Gasteiger partial charge in [-0.05, 0) is 43.7 Å². The Balaban J connectivity index is 1.52. The first kappa shape index (κ1) is 22.6. The van der Waals surface area contributed by atoms with Gasteiger partial charge in [0.05, 0.1) is 18.4 Å². The summed E-state index contributed by atoms with van der Waals surface area (Å²) < 4.78 is 7.52. The predicted octanol–water partition coefficient (Wildman–Crippen LogP) is 5.51. The molecule has 0 spiro atoms. The molecule has 1 aromatic heterocycles. The van der Waals surface area contributed by atoms with Crippen LogP contribution in [0, 0.1) is 0 Å². The highest BCUT2D eigenvalue weighted by Gasteiger charge is 2.21. The number of thioether (sulfide) groups is 1. The Bertz CT molecular complexity index is 1180. The molecule has 168 valence electrons. The van der Waals surface area contributed by atoms with Crippen molar-refractivity contribution >= 4 is 23.4 Å². The van der Waals surface area contributed by atoms with Crippen molar-refractivity contribution in [2.24, 2.45) is 0 Å². The molecule has 7 heteroatoms. The minimum Gasteiger partial charge on any atom is -0.494 e. The molecule has 0 fully saturated rings. The van der Waals surface area contributed by atoms with Gasteiger partial charge in [0.15, 0.2) is 11.0 Å². The van der Waals surface area contributed by atoms with Crippen LogP contribution in [-0.4, -0.2) is 32.5 Å². The van der Waals surface area contributed by atoms with Gasteiger partial charge in [-0.15, -0.1) is 10.2 Å². The van der Waals surface area contributed by atoms with Gasteiger partial charge in [0.25, 0.3) is 0 Å². The fraction of sp³-hybridized carbons (Fsp3) is 0.192. The van der Waals surface area contributed by atoms with E-state index in [-0.39, 0.29) is 11.2 Å². The number of nitrogens with one attached hydrogen (secondary N) is 1. The van der Waals surface area contributed by atoms with Crippen molar-refractivity contribution in [2.45, 2.75) is 30.8 Å². The predicted molar refractivity (Wildman–Crippen MR) is 133 cm³/mol. The molecular formula is C26H26N4O2S. The lowest BCUT2D eigenvalue weighted by molar-refractivity contribution is -0.115. The summed E-state index contributed by atoms with van der Waals surface area (Å²) in [4.78, 5) is 12.9. The van der Waals surface area contributed by atoms with Crippen molar-refractivity contribution in [1.29, 1.82) is 0 Å². The zero-order valence-electron chi connectivity index (χ0n) is 18.6. The minimum atomic E-state index is -0.362. The zero-order chi connectivity index (χ0) is 23.0. The Labute approximate surface area is 198 Å². The van der Waals surface area contributed by atoms with Crippen LogP contribution in [0.3, 0.4) is 0 Å². The highest BCUT2D eigenvalue weighted by atomic mass is 32.2. The second-order valence-corrected chi connectivity index (χ2v) is 8.76. The van der Waals surface area contributed by atoms with Crippen LogP contribution in [0.25, 0.3) is 11.4 Å². The summed E-state index contributed by atoms with van der Waals surface area (Å²) in [5, 5.41) is 12.2. The first-order valence-corrected chi connectivity index (χ1v) is 11.7. The van der Waals surface area contributed by atoms with Crippen LogP contribution >= 0.6 is 11.8 Å². The SMILES string of the molecule is CCOc1ccc(NC(=O)C(C)Sc2nnc(-c3ccccc3)n2Cc2ccccc2)cc1. The molecule has 33 heavy (non-hydrogen) atoms. The Morgan fingerprint density at radius 3 is 2.30 bits per heavy atom. The van der Waals surface area contributed by atoms with E-state index >= 15 is 0 Å². The Morgan fingerprint density at radius 1 is 0.970 bits per heavy atom. The van der Waals surface area contributed by atoms with Crippen LogP contribution in [0.5, 0.6) is 5.75 Å². The third-order valence-corrected chi connectivity index (χ3v) is 6.10. The summed E-state index contributed by atoms with van der Waals surface area (Å²) >= 11 is 1.40. The molecule has 0 saturated heterocycles. The number of anilines is 1. The summed E-state index contributed by atoms with van der Waals surface area (Å²) in [7, 11) is 0. The molecule has 0 radical (unpaired) electrons. The molecule has 4 rings (SSSR count). The average molecular weight is 459 g/mol. The summed E-state index contributed by atoms with van der Waals surface area (Å²) in [5.74, 6) is 1.46. The van der Waals surface area contributed by atoms with E-state index in [1.54, 1.807) is 0 Å². The number of amides is 1. The summed E-state index contributed by atoms with van der Waals surface area (Å²) in [6.07, 6.45) is 0. The normalized spacial score (nSPS) is 11.7. The number of benzene rings is 3. The standard InChI is InChI=1S/C26H26N4O2S/c1-3-32-23-16-14-22(15-17-23)27-25(31)19(2)33-26-29-28-24(21-12-8-5-9-13-21)30(26)18-20-10-6-4-7-11-20/h4-17,19H,3,18H2,1-2H3,(H,27,31). The number of nitrogens with zero attached hydrogens (tertiary/aromatic N) is 3. The Hall–Kier alpha value is -3.58. The fourth-order valence-electron chi connectivity index (χ4n) is 3.34. The van der Waals surface area contributed by atoms with E-state index in [0.717, 1.165) is 28.4 Å². The molecule has 0 aliphatic carbocycles. The van der Waals surface area contributed by atoms with E-state index in [1.807, 2.05) is 86.6 Å². The molecule has 0 bridgehead atoms. The number of rotatable bonds is 9. The molecular weight excluding hydrogens is 432 g/mol. The Kier molecular flexibility index (Phi) is 7.42.